The average Bonchev–Trinajstić information content (AvgIpc) is 2.42. The van der Waals surface area contributed by atoms with Crippen LogP contribution in [0.15, 0.2) is 0 Å². The molecule has 4 heterocycles. The molecule has 0 saturated carbocycles. The molecule has 6 bridgehead atoms. The summed E-state index contributed by atoms with van der Waals surface area (Å²) in [4.78, 5) is 11.1. The molecule has 0 radical (unpaired) electrons. The van der Waals surface area contributed by atoms with Crippen molar-refractivity contribution in [3.05, 3.63) is 0 Å². The van der Waals surface area contributed by atoms with Crippen LogP contribution >= 0.6 is 0 Å². The summed E-state index contributed by atoms with van der Waals surface area (Å²) in [5, 5.41) is 0. The lowest BCUT2D eigenvalue weighted by Gasteiger charge is -2.57. The summed E-state index contributed by atoms with van der Waals surface area (Å²) < 4.78 is 70.6. The Bertz CT molecular complexity index is 734. The van der Waals surface area contributed by atoms with Gasteiger partial charge in [0.25, 0.3) is 0 Å². The topological polar surface area (TPSA) is 148 Å². The van der Waals surface area contributed by atoms with Gasteiger partial charge in [0.1, 0.15) is 0 Å². The lowest BCUT2D eigenvalue weighted by molar-refractivity contribution is 0.0110. The van der Waals surface area contributed by atoms with Crippen LogP contribution in [0.25, 0.3) is 0 Å². The van der Waals surface area contributed by atoms with E-state index < -0.39 is 70.2 Å². The van der Waals surface area contributed by atoms with E-state index in [1.165, 1.54) is 6.55 Å². The van der Waals surface area contributed by atoms with Crippen molar-refractivity contribution in [2.45, 2.75) is 64.8 Å². The van der Waals surface area contributed by atoms with Gasteiger partial charge in [0, 0.05) is 45.8 Å². The van der Waals surface area contributed by atoms with Gasteiger partial charge < -0.3 is 55.8 Å². The van der Waals surface area contributed by atoms with Crippen molar-refractivity contribution in [3.63, 3.8) is 0 Å². The van der Waals surface area contributed by atoms with Gasteiger partial charge in [0.15, 0.2) is 0 Å². The largest absolute Gasteiger partial charge is 0.480 e. The molecular formula is C11H33NO12Si8. The molecule has 13 nitrogen and oxygen atoms in total. The van der Waals surface area contributed by atoms with E-state index in [-0.39, 0.29) is 0 Å². The predicted molar refractivity (Wildman–Crippen MR) is 126 cm³/mol. The lowest BCUT2D eigenvalue weighted by atomic mass is 10.5. The summed E-state index contributed by atoms with van der Waals surface area (Å²) in [6.45, 7) is 14.1. The van der Waals surface area contributed by atoms with E-state index in [2.05, 4.69) is 0 Å². The van der Waals surface area contributed by atoms with Gasteiger partial charge in [-0.25, -0.2) is 0 Å². The molecular weight excluding hydrogens is 563 g/mol. The molecule has 4 fully saturated rings. The number of hydrogen-bond donors (Lipinski definition) is 2. The van der Waals surface area contributed by atoms with E-state index in [1.54, 1.807) is 39.3 Å². The Hall–Kier alpha value is 1.22. The highest BCUT2D eigenvalue weighted by Crippen LogP contribution is 2.45. The third kappa shape index (κ3) is 5.46. The van der Waals surface area contributed by atoms with Gasteiger partial charge in [-0.3, -0.25) is 0 Å². The van der Waals surface area contributed by atoms with Crippen molar-refractivity contribution < 1.29 is 50.1 Å². The molecule has 4 aliphatic rings. The first-order valence-corrected chi connectivity index (χ1v) is 28.6. The van der Waals surface area contributed by atoms with Gasteiger partial charge in [-0.05, 0) is 25.6 Å². The van der Waals surface area contributed by atoms with Crippen molar-refractivity contribution in [2.75, 3.05) is 6.54 Å². The van der Waals surface area contributed by atoms with Gasteiger partial charge >= 0.3 is 70.2 Å². The Morgan fingerprint density at radius 1 is 0.500 bits per heavy atom. The minimum Gasteiger partial charge on any atom is -0.394 e. The molecule has 3 N–H and O–H groups in total. The maximum Gasteiger partial charge on any atom is 0.480 e. The van der Waals surface area contributed by atoms with Crippen molar-refractivity contribution in [1.82, 2.24) is 0 Å². The molecule has 0 aromatic rings. The highest BCUT2D eigenvalue weighted by molar-refractivity contribution is 7.00. The SMILES string of the molecule is C[Si]1(O)O[Si]2(C)O[Si]3(C)O[Si](C)(CCCN)O[Si@@]4(C)O[Si](C)(O1)O[Si](C)(O2)O[Si](C)(O3)O4. The van der Waals surface area contributed by atoms with Gasteiger partial charge in [0.2, 0.25) is 0 Å². The smallest absolute Gasteiger partial charge is 0.394 e. The first-order chi connectivity index (χ1) is 14.3. The second-order valence-electron chi connectivity index (χ2n) is 9.22. The van der Waals surface area contributed by atoms with Crippen LogP contribution in [0.4, 0.5) is 0 Å². The Morgan fingerprint density at radius 3 is 1.09 bits per heavy atom. The Labute approximate surface area is 197 Å². The molecule has 0 aromatic carbocycles. The van der Waals surface area contributed by atoms with Crippen LogP contribution in [0.1, 0.15) is 6.42 Å². The fraction of sp³-hybridized carbons (Fsp3) is 1.00. The molecule has 8 atom stereocenters. The number of fused-ring (bicyclic) bond motifs is 4. The molecule has 4 saturated heterocycles. The quantitative estimate of drug-likeness (QED) is 0.440. The summed E-state index contributed by atoms with van der Waals surface area (Å²) in [6, 6.07) is 0.576. The summed E-state index contributed by atoms with van der Waals surface area (Å²) in [5.74, 6) is 0. The minimum absolute atomic E-state index is 0.473. The Kier molecular flexibility index (Phi) is 6.45. The second kappa shape index (κ2) is 7.86. The van der Waals surface area contributed by atoms with E-state index in [1.807, 2.05) is 6.55 Å². The third-order valence-corrected chi connectivity index (χ3v) is 39.4. The van der Waals surface area contributed by atoms with E-state index in [0.717, 1.165) is 0 Å². The number of nitrogens with two attached hydrogens (primary N) is 1. The van der Waals surface area contributed by atoms with E-state index in [0.29, 0.717) is 19.0 Å². The summed E-state index contributed by atoms with van der Waals surface area (Å²) in [6.07, 6.45) is 0.679. The predicted octanol–water partition coefficient (Wildman–Crippen LogP) is 0.617. The van der Waals surface area contributed by atoms with Crippen LogP contribution in [0.5, 0.6) is 0 Å². The number of hydrogen-bond acceptors (Lipinski definition) is 13. The lowest BCUT2D eigenvalue weighted by Crippen LogP contribution is -2.82. The normalized spacial score (nSPS) is 58.3. The zero-order valence-electron chi connectivity index (χ0n) is 19.6. The van der Waals surface area contributed by atoms with Crippen LogP contribution in [0.3, 0.4) is 0 Å². The summed E-state index contributed by atoms with van der Waals surface area (Å²) in [7, 11) is -28.2. The Morgan fingerprint density at radius 2 is 0.781 bits per heavy atom. The van der Waals surface area contributed by atoms with Crippen LogP contribution < -0.4 is 5.73 Å². The monoisotopic (exact) mass is 595 g/mol. The molecule has 0 aliphatic carbocycles. The third-order valence-electron chi connectivity index (χ3n) is 4.98. The molecule has 0 spiro atoms. The molecule has 0 aromatic heterocycles. The van der Waals surface area contributed by atoms with E-state index in [4.69, 9.17) is 51.0 Å². The van der Waals surface area contributed by atoms with Crippen LogP contribution in [0.2, 0.25) is 58.4 Å². The maximum atomic E-state index is 11.1. The zero-order chi connectivity index (χ0) is 23.9. The van der Waals surface area contributed by atoms with Gasteiger partial charge in [0.05, 0.1) is 0 Å². The van der Waals surface area contributed by atoms with Gasteiger partial charge in [-0.15, -0.1) is 0 Å². The standard InChI is InChI=1S/C11H33NO12Si8/c1-25(11-9-10-12)14-27(3)18-29(5)16-26(2,13)17-30(6)19-28(4,15-25)21-31(7,20-27)24-32(8,22-29)23-30/h13H,9-12H2,1-8H3/t25?,26?,27-,28?,29?,30?,31?,32?/m0/s1. The average molecular weight is 596 g/mol. The molecule has 186 valence electrons. The summed E-state index contributed by atoms with van der Waals surface area (Å²) in [5.41, 5.74) is 5.78. The van der Waals surface area contributed by atoms with Gasteiger partial charge in [-0.1, -0.05) is 0 Å². The molecule has 7 unspecified atom stereocenters. The van der Waals surface area contributed by atoms with Crippen LogP contribution in [-0.2, 0) is 45.3 Å². The number of rotatable bonds is 3. The highest BCUT2D eigenvalue weighted by Gasteiger charge is 2.74. The van der Waals surface area contributed by atoms with Crippen molar-refractivity contribution in [3.8, 4) is 0 Å². The fourth-order valence-electron chi connectivity index (χ4n) is 4.77. The molecule has 21 heteroatoms. The van der Waals surface area contributed by atoms with Gasteiger partial charge in [-0.2, -0.15) is 0 Å². The first kappa shape index (κ1) is 26.3. The van der Waals surface area contributed by atoms with Crippen LogP contribution in [0, 0.1) is 0 Å². The molecule has 0 amide bonds. The summed E-state index contributed by atoms with van der Waals surface area (Å²) >= 11 is 0. The van der Waals surface area contributed by atoms with E-state index >= 15 is 0 Å². The molecule has 32 heavy (non-hydrogen) atoms. The van der Waals surface area contributed by atoms with E-state index in [9.17, 15) is 4.80 Å². The first-order valence-electron chi connectivity index (χ1n) is 10.5. The molecule has 4 rings (SSSR count). The Balaban J connectivity index is 1.91. The fourth-order valence-corrected chi connectivity index (χ4v) is 47.9. The van der Waals surface area contributed by atoms with Crippen molar-refractivity contribution in [1.29, 1.82) is 0 Å². The van der Waals surface area contributed by atoms with Crippen molar-refractivity contribution >= 4 is 70.2 Å². The second-order valence-corrected chi connectivity index (χ2v) is 33.1. The van der Waals surface area contributed by atoms with Crippen LogP contribution in [-0.4, -0.2) is 81.5 Å². The van der Waals surface area contributed by atoms with Crippen molar-refractivity contribution in [2.24, 2.45) is 5.73 Å². The minimum atomic E-state index is -3.82. The maximum absolute atomic E-state index is 11.1. The highest BCUT2D eigenvalue weighted by atomic mass is 28.6. The molecule has 4 aliphatic heterocycles. The zero-order valence-corrected chi connectivity index (χ0v) is 27.6.